The van der Waals surface area contributed by atoms with Gasteiger partial charge in [-0.05, 0) is 18.6 Å². The second kappa shape index (κ2) is 8.99. The van der Waals surface area contributed by atoms with Crippen molar-refractivity contribution in [2.24, 2.45) is 0 Å². The minimum absolute atomic E-state index is 0.0180. The first-order valence-corrected chi connectivity index (χ1v) is 12.0. The van der Waals surface area contributed by atoms with Gasteiger partial charge in [0.05, 0.1) is 44.2 Å². The Morgan fingerprint density at radius 3 is 2.67 bits per heavy atom. The van der Waals surface area contributed by atoms with Crippen LogP contribution in [0.1, 0.15) is 19.0 Å². The summed E-state index contributed by atoms with van der Waals surface area (Å²) >= 11 is 0. The van der Waals surface area contributed by atoms with Crippen molar-refractivity contribution >= 4 is 16.0 Å². The van der Waals surface area contributed by atoms with E-state index >= 15 is 4.39 Å². The molecular weight excluding hydrogens is 458 g/mol. The van der Waals surface area contributed by atoms with Crippen molar-refractivity contribution in [3.63, 3.8) is 0 Å². The Labute approximate surface area is 191 Å². The predicted molar refractivity (Wildman–Crippen MR) is 115 cm³/mol. The van der Waals surface area contributed by atoms with Crippen LogP contribution in [0.15, 0.2) is 29.3 Å². The molecule has 0 bridgehead atoms. The molecule has 2 unspecified atom stereocenters. The number of sulfonamides is 1. The zero-order chi connectivity index (χ0) is 23.8. The maximum absolute atomic E-state index is 15.7. The number of hydrogen-bond donors (Lipinski definition) is 0. The number of rotatable bonds is 6. The summed E-state index contributed by atoms with van der Waals surface area (Å²) in [4.78, 5) is 9.71. The van der Waals surface area contributed by atoms with E-state index < -0.39 is 27.7 Å². The number of benzene rings is 1. The number of hydrogen-bond acceptors (Lipinski definition) is 8. The second-order valence-corrected chi connectivity index (χ2v) is 9.63. The molecule has 1 aromatic carbocycles. The molecule has 2 saturated heterocycles. The molecule has 0 N–H and O–H groups in total. The van der Waals surface area contributed by atoms with E-state index in [1.165, 1.54) is 32.4 Å². The quantitative estimate of drug-likeness (QED) is 0.616. The van der Waals surface area contributed by atoms with Gasteiger partial charge in [-0.3, -0.25) is 0 Å². The Hall–Kier alpha value is -2.57. The van der Waals surface area contributed by atoms with Gasteiger partial charge < -0.3 is 19.1 Å². The lowest BCUT2D eigenvalue weighted by Gasteiger charge is -2.45. The molecule has 0 amide bonds. The van der Waals surface area contributed by atoms with Gasteiger partial charge >= 0.3 is 0 Å². The van der Waals surface area contributed by atoms with Crippen LogP contribution in [0.4, 0.5) is 14.7 Å². The molecule has 2 aromatic rings. The number of piperidine rings is 1. The van der Waals surface area contributed by atoms with Gasteiger partial charge in [0.15, 0.2) is 29.2 Å². The summed E-state index contributed by atoms with van der Waals surface area (Å²) in [5, 5.41) is 0. The molecule has 2 atom stereocenters. The molecule has 0 saturated carbocycles. The molecule has 0 aliphatic carbocycles. The maximum Gasteiger partial charge on any atom is 0.245 e. The van der Waals surface area contributed by atoms with Gasteiger partial charge in [0.2, 0.25) is 16.0 Å². The van der Waals surface area contributed by atoms with Crippen LogP contribution in [0.5, 0.6) is 11.5 Å². The van der Waals surface area contributed by atoms with Crippen molar-refractivity contribution in [2.45, 2.75) is 36.6 Å². The molecule has 2 fully saturated rings. The molecule has 12 heteroatoms. The molecular formula is C21H26F2N4O5S. The lowest BCUT2D eigenvalue weighted by atomic mass is 9.99. The Balaban J connectivity index is 1.61. The van der Waals surface area contributed by atoms with Crippen LogP contribution in [0, 0.1) is 5.82 Å². The maximum atomic E-state index is 15.7. The number of aryl methyl sites for hydroxylation is 1. The Bertz CT molecular complexity index is 1140. The van der Waals surface area contributed by atoms with Crippen LogP contribution < -0.4 is 14.4 Å². The smallest absolute Gasteiger partial charge is 0.245 e. The second-order valence-electron chi connectivity index (χ2n) is 7.77. The van der Waals surface area contributed by atoms with Crippen LogP contribution in [0.3, 0.4) is 0 Å². The minimum Gasteiger partial charge on any atom is -0.493 e. The lowest BCUT2D eigenvalue weighted by molar-refractivity contribution is -0.116. The van der Waals surface area contributed by atoms with Crippen molar-refractivity contribution in [3.8, 4) is 11.5 Å². The number of halogens is 2. The third-order valence-corrected chi connectivity index (χ3v) is 7.96. The van der Waals surface area contributed by atoms with Crippen LogP contribution in [-0.2, 0) is 21.2 Å². The van der Waals surface area contributed by atoms with Gasteiger partial charge in [0.1, 0.15) is 0 Å². The molecule has 180 valence electrons. The van der Waals surface area contributed by atoms with Gasteiger partial charge in [0, 0.05) is 25.6 Å². The summed E-state index contributed by atoms with van der Waals surface area (Å²) in [7, 11) is -1.25. The fraction of sp³-hybridized carbons (Fsp3) is 0.524. The highest BCUT2D eigenvalue weighted by Gasteiger charge is 2.57. The van der Waals surface area contributed by atoms with Gasteiger partial charge in [-0.15, -0.1) is 0 Å². The summed E-state index contributed by atoms with van der Waals surface area (Å²) in [6.07, 6.45) is -0.178. The Morgan fingerprint density at radius 1 is 1.24 bits per heavy atom. The average Bonchev–Trinajstić information content (AvgIpc) is 3.26. The molecule has 4 rings (SSSR count). The zero-order valence-electron chi connectivity index (χ0n) is 18.6. The van der Waals surface area contributed by atoms with E-state index in [9.17, 15) is 12.8 Å². The van der Waals surface area contributed by atoms with Gasteiger partial charge in [0.25, 0.3) is 0 Å². The zero-order valence-corrected chi connectivity index (χ0v) is 19.4. The number of anilines is 1. The fourth-order valence-electron chi connectivity index (χ4n) is 4.29. The number of ether oxygens (including phenoxy) is 3. The number of methoxy groups -OCH3 is 2. The Morgan fingerprint density at radius 2 is 2.00 bits per heavy atom. The number of aromatic nitrogens is 2. The molecule has 1 spiro atoms. The van der Waals surface area contributed by atoms with Crippen molar-refractivity contribution in [1.82, 2.24) is 14.3 Å². The SMILES string of the molecule is CCc1nc(N2CCC3(OCCN3S(=O)(=O)c3ccc(OC)c(OC)c3)C(F)C2)ncc1F. The fourth-order valence-corrected chi connectivity index (χ4v) is 6.02. The number of nitrogens with zero attached hydrogens (tertiary/aromatic N) is 4. The minimum atomic E-state index is -4.10. The molecule has 33 heavy (non-hydrogen) atoms. The predicted octanol–water partition coefficient (Wildman–Crippen LogP) is 2.16. The topological polar surface area (TPSA) is 94.1 Å². The van der Waals surface area contributed by atoms with E-state index in [4.69, 9.17) is 14.2 Å². The largest absolute Gasteiger partial charge is 0.493 e. The van der Waals surface area contributed by atoms with Crippen LogP contribution >= 0.6 is 0 Å². The van der Waals surface area contributed by atoms with E-state index in [1.54, 1.807) is 11.8 Å². The lowest BCUT2D eigenvalue weighted by Crippen LogP contribution is -2.62. The van der Waals surface area contributed by atoms with Gasteiger partial charge in [-0.25, -0.2) is 27.2 Å². The standard InChI is InChI=1S/C21H26F2N4O5S/c1-4-16-15(22)12-24-20(25-16)26-8-7-21(19(23)13-26)27(9-10-32-21)33(28,29)14-5-6-17(30-2)18(11-14)31-3/h5-6,11-12,19H,4,7-10,13H2,1-3H3. The molecule has 2 aliphatic rings. The molecule has 9 nitrogen and oxygen atoms in total. The summed E-state index contributed by atoms with van der Waals surface area (Å²) in [6.45, 7) is 1.91. The van der Waals surface area contributed by atoms with E-state index in [1.807, 2.05) is 0 Å². The summed E-state index contributed by atoms with van der Waals surface area (Å²) in [5.41, 5.74) is -1.40. The summed E-state index contributed by atoms with van der Waals surface area (Å²) < 4.78 is 73.7. The van der Waals surface area contributed by atoms with Crippen LogP contribution in [0.25, 0.3) is 0 Å². The first kappa shape index (κ1) is 23.6. The first-order chi connectivity index (χ1) is 15.8. The summed E-state index contributed by atoms with van der Waals surface area (Å²) in [6, 6.07) is 4.23. The van der Waals surface area contributed by atoms with Gasteiger partial charge in [-0.1, -0.05) is 6.92 Å². The van der Waals surface area contributed by atoms with Crippen molar-refractivity contribution in [1.29, 1.82) is 0 Å². The third kappa shape index (κ3) is 4.00. The highest BCUT2D eigenvalue weighted by Crippen LogP contribution is 2.41. The van der Waals surface area contributed by atoms with Crippen molar-refractivity contribution < 1.29 is 31.4 Å². The third-order valence-electron chi connectivity index (χ3n) is 6.04. The van der Waals surface area contributed by atoms with Crippen LogP contribution in [0.2, 0.25) is 0 Å². The summed E-state index contributed by atoms with van der Waals surface area (Å²) in [5.74, 6) is 0.321. The van der Waals surface area contributed by atoms with E-state index in [0.29, 0.717) is 12.2 Å². The number of alkyl halides is 1. The average molecular weight is 485 g/mol. The highest BCUT2D eigenvalue weighted by molar-refractivity contribution is 7.89. The first-order valence-electron chi connectivity index (χ1n) is 10.6. The van der Waals surface area contributed by atoms with E-state index in [0.717, 1.165) is 10.5 Å². The molecule has 0 radical (unpaired) electrons. The van der Waals surface area contributed by atoms with Crippen molar-refractivity contribution in [3.05, 3.63) is 35.9 Å². The van der Waals surface area contributed by atoms with E-state index in [2.05, 4.69) is 9.97 Å². The normalized spacial score (nSPS) is 23.8. The molecule has 2 aliphatic heterocycles. The highest BCUT2D eigenvalue weighted by atomic mass is 32.2. The molecule has 1 aromatic heterocycles. The van der Waals surface area contributed by atoms with Crippen molar-refractivity contribution in [2.75, 3.05) is 45.4 Å². The molecule has 3 heterocycles. The van der Waals surface area contributed by atoms with Gasteiger partial charge in [-0.2, -0.15) is 4.31 Å². The monoisotopic (exact) mass is 484 g/mol. The van der Waals surface area contributed by atoms with Crippen LogP contribution in [-0.4, -0.2) is 75.0 Å². The Kier molecular flexibility index (Phi) is 6.43. The van der Waals surface area contributed by atoms with E-state index in [-0.39, 0.29) is 54.9 Å².